The molecule has 0 bridgehead atoms. The molecule has 0 spiro atoms. The van der Waals surface area contributed by atoms with Crippen LogP contribution < -0.4 is 10.7 Å². The molecular formula is C19H22N2OS. The van der Waals surface area contributed by atoms with Gasteiger partial charge in [0, 0.05) is 38.9 Å². The van der Waals surface area contributed by atoms with E-state index >= 15 is 0 Å². The monoisotopic (exact) mass is 326 g/mol. The van der Waals surface area contributed by atoms with Gasteiger partial charge in [-0.25, -0.2) is 0 Å². The van der Waals surface area contributed by atoms with E-state index in [1.165, 1.54) is 0 Å². The Kier molecular flexibility index (Phi) is 4.94. The summed E-state index contributed by atoms with van der Waals surface area (Å²) < 4.78 is 2.09. The van der Waals surface area contributed by atoms with Gasteiger partial charge in [0.25, 0.3) is 0 Å². The molecule has 3 rings (SSSR count). The van der Waals surface area contributed by atoms with Crippen LogP contribution in [0.1, 0.15) is 13.8 Å². The molecule has 0 saturated heterocycles. The minimum absolute atomic E-state index is 0.129. The van der Waals surface area contributed by atoms with Crippen molar-refractivity contribution in [2.75, 3.05) is 31.5 Å². The highest BCUT2D eigenvalue weighted by molar-refractivity contribution is 7.24. The van der Waals surface area contributed by atoms with Crippen LogP contribution in [0, 0.1) is 0 Å². The van der Waals surface area contributed by atoms with Crippen LogP contribution in [0.25, 0.3) is 20.2 Å². The van der Waals surface area contributed by atoms with E-state index in [4.69, 9.17) is 0 Å². The van der Waals surface area contributed by atoms with E-state index in [0.717, 1.165) is 52.0 Å². The van der Waals surface area contributed by atoms with Gasteiger partial charge in [-0.1, -0.05) is 26.0 Å². The van der Waals surface area contributed by atoms with Gasteiger partial charge >= 0.3 is 0 Å². The molecule has 23 heavy (non-hydrogen) atoms. The molecule has 120 valence electrons. The summed E-state index contributed by atoms with van der Waals surface area (Å²) >= 11 is 1.68. The Balaban J connectivity index is 1.87. The highest BCUT2D eigenvalue weighted by atomic mass is 32.1. The minimum atomic E-state index is 0.129. The molecule has 0 unspecified atom stereocenters. The van der Waals surface area contributed by atoms with Crippen molar-refractivity contribution in [1.82, 2.24) is 4.90 Å². The number of anilines is 1. The van der Waals surface area contributed by atoms with E-state index in [9.17, 15) is 4.79 Å². The third-order valence-corrected chi connectivity index (χ3v) is 5.36. The summed E-state index contributed by atoms with van der Waals surface area (Å²) in [6, 6.07) is 13.9. The Morgan fingerprint density at radius 2 is 1.74 bits per heavy atom. The average molecular weight is 326 g/mol. The summed E-state index contributed by atoms with van der Waals surface area (Å²) in [6.45, 7) is 8.45. The molecule has 0 fully saturated rings. The van der Waals surface area contributed by atoms with Crippen molar-refractivity contribution >= 4 is 37.2 Å². The number of rotatable bonds is 6. The van der Waals surface area contributed by atoms with Crippen LogP contribution in [0.2, 0.25) is 0 Å². The summed E-state index contributed by atoms with van der Waals surface area (Å²) in [4.78, 5) is 14.9. The molecule has 3 aromatic rings. The van der Waals surface area contributed by atoms with Gasteiger partial charge < -0.3 is 10.2 Å². The zero-order valence-corrected chi connectivity index (χ0v) is 14.5. The van der Waals surface area contributed by atoms with E-state index < -0.39 is 0 Å². The summed E-state index contributed by atoms with van der Waals surface area (Å²) in [7, 11) is 0. The van der Waals surface area contributed by atoms with E-state index in [2.05, 4.69) is 30.1 Å². The predicted molar refractivity (Wildman–Crippen MR) is 102 cm³/mol. The van der Waals surface area contributed by atoms with Crippen LogP contribution in [0.15, 0.2) is 47.3 Å². The molecule has 0 saturated carbocycles. The fraction of sp³-hybridized carbons (Fsp3) is 0.316. The summed E-state index contributed by atoms with van der Waals surface area (Å²) in [5, 5.41) is 5.09. The van der Waals surface area contributed by atoms with Gasteiger partial charge in [0.2, 0.25) is 0 Å². The summed E-state index contributed by atoms with van der Waals surface area (Å²) in [5.74, 6) is 0. The molecule has 1 aromatic heterocycles. The number of nitrogens with zero attached hydrogens (tertiary/aromatic N) is 1. The fourth-order valence-corrected chi connectivity index (χ4v) is 3.92. The summed E-state index contributed by atoms with van der Waals surface area (Å²) in [5.41, 5.74) is 1.21. The van der Waals surface area contributed by atoms with E-state index in [1.54, 1.807) is 11.3 Å². The second-order valence-corrected chi connectivity index (χ2v) is 6.68. The lowest BCUT2D eigenvalue weighted by Crippen LogP contribution is -2.28. The van der Waals surface area contributed by atoms with Crippen LogP contribution in [-0.4, -0.2) is 31.1 Å². The van der Waals surface area contributed by atoms with Crippen molar-refractivity contribution in [2.24, 2.45) is 0 Å². The molecule has 0 amide bonds. The Morgan fingerprint density at radius 1 is 1.00 bits per heavy atom. The third-order valence-electron chi connectivity index (χ3n) is 4.23. The number of hydrogen-bond donors (Lipinski definition) is 1. The van der Waals surface area contributed by atoms with E-state index in [0.29, 0.717) is 0 Å². The van der Waals surface area contributed by atoms with Crippen LogP contribution in [0.4, 0.5) is 5.69 Å². The number of benzene rings is 2. The maximum Gasteiger partial charge on any atom is 0.195 e. The van der Waals surface area contributed by atoms with Crippen LogP contribution >= 0.6 is 11.3 Å². The first-order valence-electron chi connectivity index (χ1n) is 8.14. The third kappa shape index (κ3) is 3.38. The maximum atomic E-state index is 12.6. The quantitative estimate of drug-likeness (QED) is 0.690. The number of fused-ring (bicyclic) bond motifs is 2. The molecule has 1 N–H and O–H groups in total. The number of hydrogen-bond acceptors (Lipinski definition) is 4. The van der Waals surface area contributed by atoms with Crippen LogP contribution in [0.3, 0.4) is 0 Å². The van der Waals surface area contributed by atoms with Gasteiger partial charge in [0.1, 0.15) is 0 Å². The standard InChI is InChI=1S/C19H22N2OS/c1-3-21(4-2)12-11-20-14-9-10-16-18(13-14)23-17-8-6-5-7-15(17)19(16)22/h5-10,13,20H,3-4,11-12H2,1-2H3. The first kappa shape index (κ1) is 16.0. The SMILES string of the molecule is CCN(CC)CCNc1ccc2c(=O)c3ccccc3sc2c1. The number of nitrogens with one attached hydrogen (secondary N) is 1. The highest BCUT2D eigenvalue weighted by Gasteiger charge is 2.06. The smallest absolute Gasteiger partial charge is 0.195 e. The van der Waals surface area contributed by atoms with Gasteiger partial charge in [-0.3, -0.25) is 4.79 Å². The molecule has 4 heteroatoms. The van der Waals surface area contributed by atoms with E-state index in [1.807, 2.05) is 36.4 Å². The van der Waals surface area contributed by atoms with Gasteiger partial charge in [-0.2, -0.15) is 0 Å². The molecule has 1 heterocycles. The first-order valence-corrected chi connectivity index (χ1v) is 8.96. The van der Waals surface area contributed by atoms with Crippen LogP contribution in [0.5, 0.6) is 0 Å². The Morgan fingerprint density at radius 3 is 2.52 bits per heavy atom. The molecule has 0 aliphatic carbocycles. The normalized spacial score (nSPS) is 11.4. The minimum Gasteiger partial charge on any atom is -0.384 e. The Bertz CT molecular complexity index is 868. The van der Waals surface area contributed by atoms with Gasteiger partial charge in [-0.15, -0.1) is 11.3 Å². The molecular weight excluding hydrogens is 304 g/mol. The predicted octanol–water partition coefficient (Wildman–Crippen LogP) is 4.17. The molecule has 0 aliphatic rings. The second kappa shape index (κ2) is 7.11. The average Bonchev–Trinajstić information content (AvgIpc) is 2.59. The van der Waals surface area contributed by atoms with Crippen molar-refractivity contribution in [3.05, 3.63) is 52.7 Å². The van der Waals surface area contributed by atoms with E-state index in [-0.39, 0.29) is 5.43 Å². The van der Waals surface area contributed by atoms with Crippen LogP contribution in [-0.2, 0) is 0 Å². The Labute approximate surface area is 140 Å². The topological polar surface area (TPSA) is 32.3 Å². The molecule has 2 aromatic carbocycles. The largest absolute Gasteiger partial charge is 0.384 e. The highest BCUT2D eigenvalue weighted by Crippen LogP contribution is 2.26. The molecule has 0 radical (unpaired) electrons. The van der Waals surface area contributed by atoms with Gasteiger partial charge in [0.05, 0.1) is 0 Å². The molecule has 3 nitrogen and oxygen atoms in total. The van der Waals surface area contributed by atoms with Crippen molar-refractivity contribution in [3.63, 3.8) is 0 Å². The molecule has 0 aliphatic heterocycles. The molecule has 0 atom stereocenters. The van der Waals surface area contributed by atoms with Crippen molar-refractivity contribution in [1.29, 1.82) is 0 Å². The second-order valence-electron chi connectivity index (χ2n) is 5.59. The maximum absolute atomic E-state index is 12.6. The lowest BCUT2D eigenvalue weighted by molar-refractivity contribution is 0.316. The lowest BCUT2D eigenvalue weighted by Gasteiger charge is -2.18. The fourth-order valence-electron chi connectivity index (χ4n) is 2.81. The Hall–Kier alpha value is -1.91. The lowest BCUT2D eigenvalue weighted by atomic mass is 10.2. The zero-order chi connectivity index (χ0) is 16.2. The summed E-state index contributed by atoms with van der Waals surface area (Å²) in [6.07, 6.45) is 0. The van der Waals surface area contributed by atoms with Crippen molar-refractivity contribution < 1.29 is 0 Å². The van der Waals surface area contributed by atoms with Gasteiger partial charge in [-0.05, 0) is 43.4 Å². The first-order chi connectivity index (χ1) is 11.2. The van der Waals surface area contributed by atoms with Crippen molar-refractivity contribution in [2.45, 2.75) is 13.8 Å². The number of likely N-dealkylation sites (N-methyl/N-ethyl adjacent to an activating group) is 1. The van der Waals surface area contributed by atoms with Crippen molar-refractivity contribution in [3.8, 4) is 0 Å². The zero-order valence-electron chi connectivity index (χ0n) is 13.6. The van der Waals surface area contributed by atoms with Gasteiger partial charge in [0.15, 0.2) is 5.43 Å².